The number of aliphatic imine (C=N–C) groups is 1. The van der Waals surface area contributed by atoms with Crippen LogP contribution in [0.3, 0.4) is 0 Å². The van der Waals surface area contributed by atoms with Crippen molar-refractivity contribution in [2.45, 2.75) is 19.0 Å². The monoisotopic (exact) mass is 153 g/mol. The van der Waals surface area contributed by atoms with Gasteiger partial charge in [-0.1, -0.05) is 12.7 Å². The lowest BCUT2D eigenvalue weighted by Gasteiger charge is -2.04. The molecule has 62 valence electrons. The van der Waals surface area contributed by atoms with E-state index in [1.54, 1.807) is 12.3 Å². The van der Waals surface area contributed by atoms with Crippen LogP contribution in [0.2, 0.25) is 0 Å². The maximum atomic E-state index is 5.53. The fraction of sp³-hybridized carbons (Fsp3) is 0.375. The molecule has 0 aliphatic heterocycles. The Bertz CT molecular complexity index is 170. The third-order valence-corrected chi connectivity index (χ3v) is 1.11. The molecule has 0 radical (unpaired) electrons. The van der Waals surface area contributed by atoms with Gasteiger partial charge in [0.25, 0.3) is 0 Å². The second-order valence-corrected chi connectivity index (χ2v) is 2.39. The molecule has 0 fully saturated rings. The summed E-state index contributed by atoms with van der Waals surface area (Å²) in [7, 11) is 0. The van der Waals surface area contributed by atoms with Crippen molar-refractivity contribution in [2.24, 2.45) is 16.5 Å². The van der Waals surface area contributed by atoms with Gasteiger partial charge in [-0.3, -0.25) is 4.99 Å². The SMILES string of the molecule is C=C[C@H](N)C(=C)N=CC(C)N. The molecule has 2 atom stereocenters. The predicted octanol–water partition coefficient (Wildman–Crippen LogP) is 0.431. The molecule has 3 nitrogen and oxygen atoms in total. The summed E-state index contributed by atoms with van der Waals surface area (Å²) in [6.07, 6.45) is 3.19. The van der Waals surface area contributed by atoms with Crippen LogP contribution >= 0.6 is 0 Å². The summed E-state index contributed by atoms with van der Waals surface area (Å²) >= 11 is 0. The molecular formula is C8H15N3. The summed E-state index contributed by atoms with van der Waals surface area (Å²) in [5.74, 6) is 0. The minimum Gasteiger partial charge on any atom is -0.323 e. The van der Waals surface area contributed by atoms with Gasteiger partial charge in [0.2, 0.25) is 0 Å². The van der Waals surface area contributed by atoms with Gasteiger partial charge in [0.1, 0.15) is 0 Å². The zero-order valence-electron chi connectivity index (χ0n) is 6.83. The van der Waals surface area contributed by atoms with Crippen molar-refractivity contribution in [3.8, 4) is 0 Å². The van der Waals surface area contributed by atoms with E-state index in [0.717, 1.165) is 0 Å². The van der Waals surface area contributed by atoms with Crippen LogP contribution in [0, 0.1) is 0 Å². The van der Waals surface area contributed by atoms with Crippen LogP contribution < -0.4 is 11.5 Å². The maximum absolute atomic E-state index is 5.53. The molecule has 11 heavy (non-hydrogen) atoms. The third kappa shape index (κ3) is 4.47. The molecule has 0 saturated carbocycles. The minimum atomic E-state index is -0.273. The minimum absolute atomic E-state index is 0.0660. The van der Waals surface area contributed by atoms with Crippen molar-refractivity contribution in [2.75, 3.05) is 0 Å². The van der Waals surface area contributed by atoms with Crippen LogP contribution in [0.5, 0.6) is 0 Å². The quantitative estimate of drug-likeness (QED) is 0.454. The summed E-state index contributed by atoms with van der Waals surface area (Å²) < 4.78 is 0. The largest absolute Gasteiger partial charge is 0.323 e. The van der Waals surface area contributed by atoms with Crippen molar-refractivity contribution < 1.29 is 0 Å². The molecule has 0 heterocycles. The highest BCUT2D eigenvalue weighted by Gasteiger charge is 1.98. The highest BCUT2D eigenvalue weighted by Crippen LogP contribution is 1.97. The zero-order valence-corrected chi connectivity index (χ0v) is 6.83. The first-order chi connectivity index (χ1) is 5.07. The lowest BCUT2D eigenvalue weighted by molar-refractivity contribution is 0.927. The van der Waals surface area contributed by atoms with E-state index in [9.17, 15) is 0 Å². The summed E-state index contributed by atoms with van der Waals surface area (Å²) in [4.78, 5) is 3.95. The average Bonchev–Trinajstić information content (AvgIpc) is 1.98. The molecule has 1 unspecified atom stereocenters. The van der Waals surface area contributed by atoms with Crippen molar-refractivity contribution >= 4 is 6.21 Å². The molecule has 0 rings (SSSR count). The van der Waals surface area contributed by atoms with Gasteiger partial charge in [-0.2, -0.15) is 0 Å². The second kappa shape index (κ2) is 4.82. The lowest BCUT2D eigenvalue weighted by atomic mass is 10.2. The Morgan fingerprint density at radius 2 is 2.09 bits per heavy atom. The number of hydrogen-bond donors (Lipinski definition) is 2. The molecule has 0 amide bonds. The molecule has 0 aliphatic rings. The third-order valence-electron chi connectivity index (χ3n) is 1.11. The van der Waals surface area contributed by atoms with E-state index in [1.165, 1.54) is 0 Å². The van der Waals surface area contributed by atoms with E-state index in [0.29, 0.717) is 5.70 Å². The normalized spacial score (nSPS) is 16.3. The van der Waals surface area contributed by atoms with Gasteiger partial charge >= 0.3 is 0 Å². The molecule has 3 heteroatoms. The Morgan fingerprint density at radius 3 is 2.45 bits per heavy atom. The van der Waals surface area contributed by atoms with Gasteiger partial charge in [-0.15, -0.1) is 6.58 Å². The van der Waals surface area contributed by atoms with Crippen molar-refractivity contribution in [3.63, 3.8) is 0 Å². The van der Waals surface area contributed by atoms with Crippen LogP contribution in [-0.4, -0.2) is 18.3 Å². The molecule has 0 bridgehead atoms. The number of hydrogen-bond acceptors (Lipinski definition) is 3. The zero-order chi connectivity index (χ0) is 8.85. The van der Waals surface area contributed by atoms with Gasteiger partial charge in [0.05, 0.1) is 11.7 Å². The Balaban J connectivity index is 3.96. The molecule has 0 spiro atoms. The van der Waals surface area contributed by atoms with Crippen LogP contribution in [-0.2, 0) is 0 Å². The summed E-state index contributed by atoms with van der Waals surface area (Å²) in [5.41, 5.74) is 11.5. The number of nitrogens with zero attached hydrogens (tertiary/aromatic N) is 1. The summed E-state index contributed by atoms with van der Waals surface area (Å²) in [6.45, 7) is 9.00. The number of rotatable bonds is 4. The first-order valence-electron chi connectivity index (χ1n) is 3.44. The smallest absolute Gasteiger partial charge is 0.0647 e. The molecule has 0 aromatic rings. The molecule has 0 aromatic carbocycles. The molecule has 0 saturated heterocycles. The Morgan fingerprint density at radius 1 is 1.55 bits per heavy atom. The van der Waals surface area contributed by atoms with E-state index < -0.39 is 0 Å². The predicted molar refractivity (Wildman–Crippen MR) is 49.5 cm³/mol. The van der Waals surface area contributed by atoms with E-state index in [4.69, 9.17) is 11.5 Å². The fourth-order valence-electron chi connectivity index (χ4n) is 0.435. The van der Waals surface area contributed by atoms with Crippen LogP contribution in [0.4, 0.5) is 0 Å². The topological polar surface area (TPSA) is 64.4 Å². The second-order valence-electron chi connectivity index (χ2n) is 2.39. The van der Waals surface area contributed by atoms with E-state index in [1.807, 2.05) is 6.92 Å². The van der Waals surface area contributed by atoms with E-state index in [2.05, 4.69) is 18.2 Å². The first kappa shape index (κ1) is 10.1. The fourth-order valence-corrected chi connectivity index (χ4v) is 0.435. The Labute approximate surface area is 67.5 Å². The highest BCUT2D eigenvalue weighted by atomic mass is 14.8. The van der Waals surface area contributed by atoms with Gasteiger partial charge in [0, 0.05) is 12.3 Å². The summed E-state index contributed by atoms with van der Waals surface area (Å²) in [6, 6.07) is -0.339. The van der Waals surface area contributed by atoms with Crippen LogP contribution in [0.1, 0.15) is 6.92 Å². The van der Waals surface area contributed by atoms with Crippen molar-refractivity contribution in [1.82, 2.24) is 0 Å². The van der Waals surface area contributed by atoms with Gasteiger partial charge in [-0.05, 0) is 6.92 Å². The Hall–Kier alpha value is -0.930. The highest BCUT2D eigenvalue weighted by molar-refractivity contribution is 5.64. The standard InChI is InChI=1S/C8H15N3/c1-4-8(10)7(3)11-5-6(2)9/h4-6,8H,1,3,9-10H2,2H3/t6?,8-/m0/s1. The average molecular weight is 153 g/mol. The molecule has 4 N–H and O–H groups in total. The lowest BCUT2D eigenvalue weighted by Crippen LogP contribution is -2.20. The van der Waals surface area contributed by atoms with E-state index >= 15 is 0 Å². The molecular weight excluding hydrogens is 138 g/mol. The molecule has 0 aliphatic carbocycles. The summed E-state index contributed by atoms with van der Waals surface area (Å²) in [5, 5.41) is 0. The van der Waals surface area contributed by atoms with Gasteiger partial charge in [-0.25, -0.2) is 0 Å². The van der Waals surface area contributed by atoms with Crippen LogP contribution in [0.15, 0.2) is 29.9 Å². The van der Waals surface area contributed by atoms with Crippen molar-refractivity contribution in [1.29, 1.82) is 0 Å². The van der Waals surface area contributed by atoms with Gasteiger partial charge in [0.15, 0.2) is 0 Å². The van der Waals surface area contributed by atoms with Gasteiger partial charge < -0.3 is 11.5 Å². The van der Waals surface area contributed by atoms with Crippen molar-refractivity contribution in [3.05, 3.63) is 24.9 Å². The number of nitrogens with two attached hydrogens (primary N) is 2. The maximum Gasteiger partial charge on any atom is 0.0647 e. The van der Waals surface area contributed by atoms with E-state index in [-0.39, 0.29) is 12.1 Å². The molecule has 0 aromatic heterocycles. The first-order valence-corrected chi connectivity index (χ1v) is 3.44. The Kier molecular flexibility index (Phi) is 4.41. The van der Waals surface area contributed by atoms with Crippen LogP contribution in [0.25, 0.3) is 0 Å².